The minimum atomic E-state index is 0.0267. The van der Waals surface area contributed by atoms with Crippen LogP contribution in [0.25, 0.3) is 0 Å². The van der Waals surface area contributed by atoms with Gasteiger partial charge in [-0.1, -0.05) is 36.8 Å². The van der Waals surface area contributed by atoms with E-state index in [0.717, 1.165) is 12.1 Å². The van der Waals surface area contributed by atoms with E-state index in [-0.39, 0.29) is 6.03 Å². The zero-order valence-electron chi connectivity index (χ0n) is 16.0. The second-order valence-corrected chi connectivity index (χ2v) is 7.58. The number of fused-ring (bicyclic) bond motifs is 1. The van der Waals surface area contributed by atoms with Gasteiger partial charge in [-0.2, -0.15) is 0 Å². The van der Waals surface area contributed by atoms with E-state index in [1.807, 2.05) is 35.2 Å². The molecule has 144 valence electrons. The lowest BCUT2D eigenvalue weighted by Gasteiger charge is -2.45. The molecule has 2 aliphatic rings. The SMILES string of the molecule is COCCN(C[C@@H]1CCCN2CCCC[C@H]12)C(=O)NCc1ccccc1. The van der Waals surface area contributed by atoms with E-state index >= 15 is 0 Å². The summed E-state index contributed by atoms with van der Waals surface area (Å²) in [5.41, 5.74) is 1.13. The highest BCUT2D eigenvalue weighted by molar-refractivity contribution is 5.74. The van der Waals surface area contributed by atoms with Gasteiger partial charge in [0.05, 0.1) is 6.61 Å². The molecule has 1 aromatic carbocycles. The molecule has 3 rings (SSSR count). The number of ether oxygens (including phenoxy) is 1. The first-order valence-corrected chi connectivity index (χ1v) is 10.1. The zero-order valence-corrected chi connectivity index (χ0v) is 16.0. The molecule has 2 atom stereocenters. The number of rotatable bonds is 7. The number of carbonyl (C=O) groups excluding carboxylic acids is 1. The van der Waals surface area contributed by atoms with Crippen LogP contribution in [0.5, 0.6) is 0 Å². The van der Waals surface area contributed by atoms with Crippen LogP contribution >= 0.6 is 0 Å². The Labute approximate surface area is 157 Å². The number of amides is 2. The molecule has 1 aromatic rings. The van der Waals surface area contributed by atoms with Gasteiger partial charge in [0.2, 0.25) is 0 Å². The normalized spacial score (nSPS) is 23.3. The molecule has 0 aliphatic carbocycles. The third-order valence-corrected chi connectivity index (χ3v) is 5.82. The summed E-state index contributed by atoms with van der Waals surface area (Å²) in [5.74, 6) is 0.586. The van der Waals surface area contributed by atoms with Crippen molar-refractivity contribution in [3.05, 3.63) is 35.9 Å². The lowest BCUT2D eigenvalue weighted by molar-refractivity contribution is 0.0421. The van der Waals surface area contributed by atoms with Crippen LogP contribution < -0.4 is 5.32 Å². The molecule has 2 saturated heterocycles. The van der Waals surface area contributed by atoms with E-state index in [1.165, 1.54) is 45.2 Å². The van der Waals surface area contributed by atoms with Crippen LogP contribution in [0.3, 0.4) is 0 Å². The summed E-state index contributed by atoms with van der Waals surface area (Å²) in [6.07, 6.45) is 6.43. The third-order valence-electron chi connectivity index (χ3n) is 5.82. The van der Waals surface area contributed by atoms with Crippen LogP contribution in [0.4, 0.5) is 4.79 Å². The van der Waals surface area contributed by atoms with Crippen molar-refractivity contribution in [2.45, 2.75) is 44.7 Å². The predicted molar refractivity (Wildman–Crippen MR) is 104 cm³/mol. The van der Waals surface area contributed by atoms with Crippen LogP contribution in [-0.2, 0) is 11.3 Å². The van der Waals surface area contributed by atoms with Gasteiger partial charge in [0.15, 0.2) is 0 Å². The summed E-state index contributed by atoms with van der Waals surface area (Å²) in [6.45, 7) is 5.12. The maximum atomic E-state index is 12.8. The third kappa shape index (κ3) is 5.21. The minimum Gasteiger partial charge on any atom is -0.383 e. The minimum absolute atomic E-state index is 0.0267. The molecule has 26 heavy (non-hydrogen) atoms. The van der Waals surface area contributed by atoms with Gasteiger partial charge in [0, 0.05) is 32.8 Å². The van der Waals surface area contributed by atoms with Crippen molar-refractivity contribution in [1.82, 2.24) is 15.1 Å². The lowest BCUT2D eigenvalue weighted by atomic mass is 9.83. The standard InChI is InChI=1S/C21H33N3O2/c1-26-15-14-24(21(25)22-16-18-8-3-2-4-9-18)17-19-10-7-13-23-12-6-5-11-20(19)23/h2-4,8-9,19-20H,5-7,10-17H2,1H3,(H,22,25)/t19-,20+/m0/s1. The number of benzene rings is 1. The second kappa shape index (κ2) is 9.93. The number of carbonyl (C=O) groups is 1. The summed E-state index contributed by atoms with van der Waals surface area (Å²) in [7, 11) is 1.70. The Morgan fingerprint density at radius 1 is 1.19 bits per heavy atom. The Balaban J connectivity index is 1.58. The van der Waals surface area contributed by atoms with E-state index in [0.29, 0.717) is 31.7 Å². The summed E-state index contributed by atoms with van der Waals surface area (Å²) in [4.78, 5) is 17.4. The second-order valence-electron chi connectivity index (χ2n) is 7.58. The molecule has 0 unspecified atom stereocenters. The van der Waals surface area contributed by atoms with Crippen molar-refractivity contribution in [1.29, 1.82) is 0 Å². The van der Waals surface area contributed by atoms with Crippen molar-refractivity contribution < 1.29 is 9.53 Å². The Morgan fingerprint density at radius 2 is 2.00 bits per heavy atom. The molecule has 2 fully saturated rings. The highest BCUT2D eigenvalue weighted by atomic mass is 16.5. The van der Waals surface area contributed by atoms with Gasteiger partial charge in [-0.3, -0.25) is 0 Å². The number of methoxy groups -OCH3 is 1. The molecule has 2 amide bonds. The summed E-state index contributed by atoms with van der Waals surface area (Å²) < 4.78 is 5.25. The van der Waals surface area contributed by atoms with E-state index < -0.39 is 0 Å². The maximum Gasteiger partial charge on any atom is 0.317 e. The van der Waals surface area contributed by atoms with Gasteiger partial charge in [-0.15, -0.1) is 0 Å². The fourth-order valence-corrected chi connectivity index (χ4v) is 4.44. The van der Waals surface area contributed by atoms with Crippen LogP contribution in [0, 0.1) is 5.92 Å². The molecule has 2 heterocycles. The fraction of sp³-hybridized carbons (Fsp3) is 0.667. The number of piperidine rings is 2. The molecule has 0 aromatic heterocycles. The van der Waals surface area contributed by atoms with Crippen molar-refractivity contribution >= 4 is 6.03 Å². The topological polar surface area (TPSA) is 44.8 Å². The smallest absolute Gasteiger partial charge is 0.317 e. The molecule has 0 spiro atoms. The molecule has 5 nitrogen and oxygen atoms in total. The zero-order chi connectivity index (χ0) is 18.2. The summed E-state index contributed by atoms with van der Waals surface area (Å²) in [5, 5.41) is 3.09. The van der Waals surface area contributed by atoms with E-state index in [4.69, 9.17) is 4.74 Å². The fourth-order valence-electron chi connectivity index (χ4n) is 4.44. The summed E-state index contributed by atoms with van der Waals surface area (Å²) >= 11 is 0. The molecular formula is C21H33N3O2. The Bertz CT molecular complexity index is 549. The maximum absolute atomic E-state index is 12.8. The van der Waals surface area contributed by atoms with Gasteiger partial charge in [-0.25, -0.2) is 4.79 Å². The molecule has 0 radical (unpaired) electrons. The average Bonchev–Trinajstić information content (AvgIpc) is 2.70. The van der Waals surface area contributed by atoms with Crippen LogP contribution in [0.2, 0.25) is 0 Å². The van der Waals surface area contributed by atoms with Crippen molar-refractivity contribution in [2.75, 3.05) is 39.9 Å². The highest BCUT2D eigenvalue weighted by Crippen LogP contribution is 2.31. The molecule has 2 aliphatic heterocycles. The molecule has 1 N–H and O–H groups in total. The van der Waals surface area contributed by atoms with E-state index in [2.05, 4.69) is 10.2 Å². The first-order chi connectivity index (χ1) is 12.8. The number of nitrogens with zero attached hydrogens (tertiary/aromatic N) is 2. The highest BCUT2D eigenvalue weighted by Gasteiger charge is 2.34. The Hall–Kier alpha value is -1.59. The number of nitrogens with one attached hydrogen (secondary N) is 1. The Morgan fingerprint density at radius 3 is 2.81 bits per heavy atom. The van der Waals surface area contributed by atoms with E-state index in [9.17, 15) is 4.79 Å². The van der Waals surface area contributed by atoms with Gasteiger partial charge in [0.25, 0.3) is 0 Å². The van der Waals surface area contributed by atoms with Crippen LogP contribution in [0.1, 0.15) is 37.7 Å². The quantitative estimate of drug-likeness (QED) is 0.814. The average molecular weight is 360 g/mol. The first-order valence-electron chi connectivity index (χ1n) is 10.1. The Kier molecular flexibility index (Phi) is 7.32. The number of urea groups is 1. The van der Waals surface area contributed by atoms with Gasteiger partial charge in [0.1, 0.15) is 0 Å². The molecular weight excluding hydrogens is 326 g/mol. The van der Waals surface area contributed by atoms with E-state index in [1.54, 1.807) is 7.11 Å². The summed E-state index contributed by atoms with van der Waals surface area (Å²) in [6, 6.07) is 10.8. The molecule has 0 bridgehead atoms. The first kappa shape index (κ1) is 19.2. The monoisotopic (exact) mass is 359 g/mol. The van der Waals surface area contributed by atoms with Crippen LogP contribution in [-0.4, -0.2) is 61.8 Å². The number of hydrogen-bond acceptors (Lipinski definition) is 3. The molecule has 0 saturated carbocycles. The van der Waals surface area contributed by atoms with Gasteiger partial charge >= 0.3 is 6.03 Å². The largest absolute Gasteiger partial charge is 0.383 e. The van der Waals surface area contributed by atoms with Crippen LogP contribution in [0.15, 0.2) is 30.3 Å². The van der Waals surface area contributed by atoms with Gasteiger partial charge < -0.3 is 19.9 Å². The van der Waals surface area contributed by atoms with Gasteiger partial charge in [-0.05, 0) is 50.3 Å². The van der Waals surface area contributed by atoms with Crippen molar-refractivity contribution in [3.63, 3.8) is 0 Å². The number of hydrogen-bond donors (Lipinski definition) is 1. The lowest BCUT2D eigenvalue weighted by Crippen LogP contribution is -2.53. The van der Waals surface area contributed by atoms with Crippen molar-refractivity contribution in [2.24, 2.45) is 5.92 Å². The van der Waals surface area contributed by atoms with Crippen molar-refractivity contribution in [3.8, 4) is 0 Å². The molecule has 5 heteroatoms. The predicted octanol–water partition coefficient (Wildman–Crippen LogP) is 3.11.